The number of hydrogen-bond acceptors (Lipinski definition) is 2. The van der Waals surface area contributed by atoms with Crippen molar-refractivity contribution < 1.29 is 8.42 Å². The monoisotopic (exact) mass is 295 g/mol. The van der Waals surface area contributed by atoms with Gasteiger partial charge in [0.2, 0.25) is 10.0 Å². The maximum atomic E-state index is 12.5. The predicted octanol–water partition coefficient (Wildman–Crippen LogP) is 3.41. The molecule has 1 fully saturated rings. The lowest BCUT2D eigenvalue weighted by molar-refractivity contribution is 0.227. The Bertz CT molecular complexity index is 580. The van der Waals surface area contributed by atoms with Gasteiger partial charge in [0.1, 0.15) is 0 Å². The lowest BCUT2D eigenvalue weighted by Crippen LogP contribution is -2.43. The molecule has 1 aliphatic carbocycles. The van der Waals surface area contributed by atoms with Gasteiger partial charge in [0.15, 0.2) is 0 Å². The molecule has 1 aromatic carbocycles. The standard InChI is InChI=1S/C16H25NO2S/c1-11-8-9-15(10-13(11)3)20(18,19)17-16-7-5-6-12(2)14(16)4/h8-10,12,14,16-17H,5-7H2,1-4H3/t12-,14+,16+/m1/s1. The predicted molar refractivity (Wildman–Crippen MR) is 82.2 cm³/mol. The van der Waals surface area contributed by atoms with E-state index in [1.165, 1.54) is 6.42 Å². The minimum Gasteiger partial charge on any atom is -0.208 e. The SMILES string of the molecule is Cc1ccc(S(=O)(=O)N[C@H]2CCC[C@@H](C)[C@@H]2C)cc1C. The average molecular weight is 295 g/mol. The van der Waals surface area contributed by atoms with Crippen LogP contribution in [0.3, 0.4) is 0 Å². The molecular formula is C16H25NO2S. The topological polar surface area (TPSA) is 46.2 Å². The molecule has 0 saturated heterocycles. The number of rotatable bonds is 3. The minimum atomic E-state index is -3.41. The van der Waals surface area contributed by atoms with Crippen LogP contribution in [-0.2, 0) is 10.0 Å². The second-order valence-corrected chi connectivity index (χ2v) is 7.96. The molecule has 1 saturated carbocycles. The second-order valence-electron chi connectivity index (χ2n) is 6.24. The van der Waals surface area contributed by atoms with E-state index in [0.717, 1.165) is 24.0 Å². The summed E-state index contributed by atoms with van der Waals surface area (Å²) in [6.07, 6.45) is 3.24. The smallest absolute Gasteiger partial charge is 0.208 e. The van der Waals surface area contributed by atoms with E-state index < -0.39 is 10.0 Å². The first-order chi connectivity index (χ1) is 9.31. The zero-order chi connectivity index (χ0) is 14.9. The van der Waals surface area contributed by atoms with E-state index >= 15 is 0 Å². The first kappa shape index (κ1) is 15.5. The summed E-state index contributed by atoms with van der Waals surface area (Å²) >= 11 is 0. The van der Waals surface area contributed by atoms with E-state index in [2.05, 4.69) is 18.6 Å². The first-order valence-electron chi connectivity index (χ1n) is 7.41. The van der Waals surface area contributed by atoms with E-state index in [1.54, 1.807) is 12.1 Å². The van der Waals surface area contributed by atoms with Crippen LogP contribution in [0.15, 0.2) is 23.1 Å². The number of hydrogen-bond donors (Lipinski definition) is 1. The third-order valence-electron chi connectivity index (χ3n) is 4.80. The summed E-state index contributed by atoms with van der Waals surface area (Å²) in [5.74, 6) is 0.973. The number of benzene rings is 1. The van der Waals surface area contributed by atoms with Crippen LogP contribution >= 0.6 is 0 Å². The molecule has 0 heterocycles. The van der Waals surface area contributed by atoms with Gasteiger partial charge in [-0.2, -0.15) is 0 Å². The van der Waals surface area contributed by atoms with Gasteiger partial charge in [0.25, 0.3) is 0 Å². The molecule has 0 radical (unpaired) electrons. The molecule has 1 aromatic rings. The van der Waals surface area contributed by atoms with Crippen LogP contribution < -0.4 is 4.72 Å². The molecule has 0 spiro atoms. The molecule has 3 atom stereocenters. The van der Waals surface area contributed by atoms with Gasteiger partial charge in [-0.3, -0.25) is 0 Å². The summed E-state index contributed by atoms with van der Waals surface area (Å²) in [7, 11) is -3.41. The highest BCUT2D eigenvalue weighted by molar-refractivity contribution is 7.89. The van der Waals surface area contributed by atoms with Crippen LogP contribution in [0.2, 0.25) is 0 Å². The van der Waals surface area contributed by atoms with Gasteiger partial charge in [0, 0.05) is 6.04 Å². The Hall–Kier alpha value is -0.870. The van der Waals surface area contributed by atoms with E-state index in [9.17, 15) is 8.42 Å². The van der Waals surface area contributed by atoms with Crippen molar-refractivity contribution in [3.63, 3.8) is 0 Å². The van der Waals surface area contributed by atoms with Crippen LogP contribution in [0.25, 0.3) is 0 Å². The molecule has 0 aliphatic heterocycles. The van der Waals surface area contributed by atoms with Gasteiger partial charge in [-0.05, 0) is 55.4 Å². The molecule has 1 aliphatic rings. The Balaban J connectivity index is 2.20. The van der Waals surface area contributed by atoms with Crippen LogP contribution in [0, 0.1) is 25.7 Å². The van der Waals surface area contributed by atoms with Crippen LogP contribution in [0.1, 0.15) is 44.2 Å². The number of sulfonamides is 1. The van der Waals surface area contributed by atoms with Gasteiger partial charge >= 0.3 is 0 Å². The molecule has 0 unspecified atom stereocenters. The van der Waals surface area contributed by atoms with E-state index in [4.69, 9.17) is 0 Å². The van der Waals surface area contributed by atoms with Gasteiger partial charge in [-0.25, -0.2) is 13.1 Å². The summed E-state index contributed by atoms with van der Waals surface area (Å²) in [4.78, 5) is 0.381. The molecule has 2 rings (SSSR count). The maximum absolute atomic E-state index is 12.5. The van der Waals surface area contributed by atoms with Gasteiger partial charge in [0.05, 0.1) is 4.90 Å². The fourth-order valence-corrected chi connectivity index (χ4v) is 4.34. The molecule has 20 heavy (non-hydrogen) atoms. The van der Waals surface area contributed by atoms with E-state index in [1.807, 2.05) is 19.9 Å². The number of aryl methyl sites for hydroxylation is 2. The molecule has 112 valence electrons. The van der Waals surface area contributed by atoms with Crippen LogP contribution in [0.5, 0.6) is 0 Å². The van der Waals surface area contributed by atoms with Crippen molar-refractivity contribution in [1.82, 2.24) is 4.72 Å². The van der Waals surface area contributed by atoms with Crippen molar-refractivity contribution in [1.29, 1.82) is 0 Å². The lowest BCUT2D eigenvalue weighted by Gasteiger charge is -2.34. The molecular weight excluding hydrogens is 270 g/mol. The molecule has 0 bridgehead atoms. The van der Waals surface area contributed by atoms with E-state index in [-0.39, 0.29) is 6.04 Å². The van der Waals surface area contributed by atoms with Crippen molar-refractivity contribution >= 4 is 10.0 Å². The Labute approximate surface area is 122 Å². The van der Waals surface area contributed by atoms with Crippen molar-refractivity contribution in [3.8, 4) is 0 Å². The van der Waals surface area contributed by atoms with Crippen molar-refractivity contribution in [2.24, 2.45) is 11.8 Å². The Kier molecular flexibility index (Phi) is 4.55. The molecule has 1 N–H and O–H groups in total. The molecule has 3 nitrogen and oxygen atoms in total. The normalized spacial score (nSPS) is 27.5. The Morgan fingerprint density at radius 3 is 2.45 bits per heavy atom. The second kappa shape index (κ2) is 5.86. The Morgan fingerprint density at radius 1 is 1.10 bits per heavy atom. The number of nitrogens with one attached hydrogen (secondary N) is 1. The highest BCUT2D eigenvalue weighted by Gasteiger charge is 2.30. The highest BCUT2D eigenvalue weighted by atomic mass is 32.2. The van der Waals surface area contributed by atoms with Gasteiger partial charge in [-0.15, -0.1) is 0 Å². The van der Waals surface area contributed by atoms with Crippen molar-refractivity contribution in [2.45, 2.75) is 57.9 Å². The van der Waals surface area contributed by atoms with Gasteiger partial charge in [-0.1, -0.05) is 32.8 Å². The maximum Gasteiger partial charge on any atom is 0.240 e. The lowest BCUT2D eigenvalue weighted by atomic mass is 9.78. The van der Waals surface area contributed by atoms with Crippen molar-refractivity contribution in [3.05, 3.63) is 29.3 Å². The van der Waals surface area contributed by atoms with Crippen LogP contribution in [-0.4, -0.2) is 14.5 Å². The molecule has 4 heteroatoms. The third-order valence-corrected chi connectivity index (χ3v) is 6.29. The summed E-state index contributed by atoms with van der Waals surface area (Å²) in [6.45, 7) is 8.29. The summed E-state index contributed by atoms with van der Waals surface area (Å²) in [5.41, 5.74) is 2.13. The quantitative estimate of drug-likeness (QED) is 0.929. The molecule has 0 aromatic heterocycles. The summed E-state index contributed by atoms with van der Waals surface area (Å²) in [6, 6.07) is 5.39. The molecule has 0 amide bonds. The average Bonchev–Trinajstić information content (AvgIpc) is 2.38. The zero-order valence-corrected chi connectivity index (χ0v) is 13.6. The van der Waals surface area contributed by atoms with Crippen LogP contribution in [0.4, 0.5) is 0 Å². The third kappa shape index (κ3) is 3.23. The Morgan fingerprint density at radius 2 is 1.80 bits per heavy atom. The first-order valence-corrected chi connectivity index (χ1v) is 8.89. The van der Waals surface area contributed by atoms with E-state index in [0.29, 0.717) is 16.7 Å². The highest BCUT2D eigenvalue weighted by Crippen LogP contribution is 2.30. The van der Waals surface area contributed by atoms with Crippen molar-refractivity contribution in [2.75, 3.05) is 0 Å². The zero-order valence-electron chi connectivity index (χ0n) is 12.8. The minimum absolute atomic E-state index is 0.0605. The summed E-state index contributed by atoms with van der Waals surface area (Å²) in [5, 5.41) is 0. The fourth-order valence-electron chi connectivity index (χ4n) is 2.90. The largest absolute Gasteiger partial charge is 0.240 e. The fraction of sp³-hybridized carbons (Fsp3) is 0.625. The van der Waals surface area contributed by atoms with Gasteiger partial charge < -0.3 is 0 Å². The summed E-state index contributed by atoms with van der Waals surface area (Å²) < 4.78 is 27.9.